The fourth-order valence-electron chi connectivity index (χ4n) is 2.04. The van der Waals surface area contributed by atoms with E-state index in [1.807, 2.05) is 0 Å². The van der Waals surface area contributed by atoms with Crippen molar-refractivity contribution in [2.75, 3.05) is 0 Å². The second-order valence-electron chi connectivity index (χ2n) is 3.99. The summed E-state index contributed by atoms with van der Waals surface area (Å²) in [6.45, 7) is 0. The molecular weight excluding hydrogens is 208 g/mol. The molecule has 1 aliphatic carbocycles. The Labute approximate surface area is 90.9 Å². The topological polar surface area (TPSA) is 80.4 Å². The molecule has 1 fully saturated rings. The van der Waals surface area contributed by atoms with Gasteiger partial charge in [-0.15, -0.1) is 5.10 Å². The van der Waals surface area contributed by atoms with E-state index in [9.17, 15) is 4.79 Å². The minimum atomic E-state index is -0.952. The van der Waals surface area contributed by atoms with Crippen molar-refractivity contribution in [1.82, 2.24) is 19.8 Å². The third-order valence-electron chi connectivity index (χ3n) is 3.08. The van der Waals surface area contributed by atoms with Gasteiger partial charge in [-0.1, -0.05) is 11.6 Å². The standard InChI is InChI=1S/C10H10N4O2/c15-10(16)7-4-11-8-5-12-13-14(8)9(7)6-2-1-3-6/h4-6H,1-3H2,(H,15,16). The molecule has 1 N–H and O–H groups in total. The normalized spacial score (nSPS) is 16.2. The Morgan fingerprint density at radius 3 is 2.88 bits per heavy atom. The van der Waals surface area contributed by atoms with Gasteiger partial charge >= 0.3 is 5.97 Å². The van der Waals surface area contributed by atoms with E-state index in [1.54, 1.807) is 4.52 Å². The molecule has 3 rings (SSSR count). The predicted molar refractivity (Wildman–Crippen MR) is 54.3 cm³/mol. The largest absolute Gasteiger partial charge is 0.478 e. The number of aromatic nitrogens is 4. The number of rotatable bonds is 2. The Balaban J connectivity index is 2.27. The first-order valence-corrected chi connectivity index (χ1v) is 5.20. The van der Waals surface area contributed by atoms with Crippen molar-refractivity contribution in [2.24, 2.45) is 0 Å². The molecule has 0 atom stereocenters. The van der Waals surface area contributed by atoms with Crippen LogP contribution in [0.3, 0.4) is 0 Å². The molecule has 6 heteroatoms. The Kier molecular flexibility index (Phi) is 1.89. The van der Waals surface area contributed by atoms with Crippen LogP contribution >= 0.6 is 0 Å². The van der Waals surface area contributed by atoms with Crippen molar-refractivity contribution < 1.29 is 9.90 Å². The Morgan fingerprint density at radius 1 is 1.44 bits per heavy atom. The fraction of sp³-hybridized carbons (Fsp3) is 0.400. The Bertz CT molecular complexity index is 559. The molecule has 16 heavy (non-hydrogen) atoms. The number of fused-ring (bicyclic) bond motifs is 1. The number of carboxylic acids is 1. The summed E-state index contributed by atoms with van der Waals surface area (Å²) < 4.78 is 1.55. The molecule has 2 heterocycles. The van der Waals surface area contributed by atoms with Gasteiger partial charge in [-0.3, -0.25) is 0 Å². The minimum absolute atomic E-state index is 0.239. The average Bonchev–Trinajstić information content (AvgIpc) is 2.62. The van der Waals surface area contributed by atoms with Crippen LogP contribution in [-0.4, -0.2) is 30.9 Å². The minimum Gasteiger partial charge on any atom is -0.478 e. The summed E-state index contributed by atoms with van der Waals surface area (Å²) in [7, 11) is 0. The molecule has 2 aromatic heterocycles. The number of carboxylic acid groups (broad SMARTS) is 1. The molecule has 0 unspecified atom stereocenters. The monoisotopic (exact) mass is 218 g/mol. The second kappa shape index (κ2) is 3.26. The Hall–Kier alpha value is -1.98. The van der Waals surface area contributed by atoms with E-state index < -0.39 is 5.97 Å². The number of aromatic carboxylic acids is 1. The van der Waals surface area contributed by atoms with E-state index in [0.717, 1.165) is 25.0 Å². The molecular formula is C10H10N4O2. The Morgan fingerprint density at radius 2 is 2.25 bits per heavy atom. The molecule has 0 amide bonds. The van der Waals surface area contributed by atoms with Crippen molar-refractivity contribution in [3.63, 3.8) is 0 Å². The lowest BCUT2D eigenvalue weighted by molar-refractivity contribution is 0.0692. The number of hydrogen-bond acceptors (Lipinski definition) is 4. The van der Waals surface area contributed by atoms with Gasteiger partial charge in [0, 0.05) is 12.1 Å². The summed E-state index contributed by atoms with van der Waals surface area (Å²) in [6, 6.07) is 0. The van der Waals surface area contributed by atoms with Gasteiger partial charge in [-0.25, -0.2) is 9.78 Å². The third-order valence-corrected chi connectivity index (χ3v) is 3.08. The van der Waals surface area contributed by atoms with Crippen LogP contribution in [0.15, 0.2) is 12.4 Å². The van der Waals surface area contributed by atoms with Crippen molar-refractivity contribution >= 4 is 11.6 Å². The highest BCUT2D eigenvalue weighted by Gasteiger charge is 2.28. The van der Waals surface area contributed by atoms with Gasteiger partial charge in [0.2, 0.25) is 0 Å². The van der Waals surface area contributed by atoms with Crippen LogP contribution in [0.1, 0.15) is 41.2 Å². The zero-order chi connectivity index (χ0) is 11.1. The maximum atomic E-state index is 11.1. The zero-order valence-electron chi connectivity index (χ0n) is 8.50. The van der Waals surface area contributed by atoms with Gasteiger partial charge in [0.1, 0.15) is 0 Å². The highest BCUT2D eigenvalue weighted by atomic mass is 16.4. The maximum absolute atomic E-state index is 11.1. The van der Waals surface area contributed by atoms with Crippen LogP contribution in [0.25, 0.3) is 5.65 Å². The van der Waals surface area contributed by atoms with E-state index in [4.69, 9.17) is 5.11 Å². The van der Waals surface area contributed by atoms with Gasteiger partial charge < -0.3 is 5.11 Å². The van der Waals surface area contributed by atoms with Crippen LogP contribution in [0.2, 0.25) is 0 Å². The molecule has 0 radical (unpaired) electrons. The van der Waals surface area contributed by atoms with Crippen LogP contribution in [0.5, 0.6) is 0 Å². The van der Waals surface area contributed by atoms with Crippen molar-refractivity contribution in [1.29, 1.82) is 0 Å². The third kappa shape index (κ3) is 1.19. The molecule has 0 bridgehead atoms. The summed E-state index contributed by atoms with van der Waals surface area (Å²) in [5.74, 6) is -0.676. The first-order chi connectivity index (χ1) is 7.77. The number of carbonyl (C=O) groups is 1. The van der Waals surface area contributed by atoms with E-state index >= 15 is 0 Å². The van der Waals surface area contributed by atoms with E-state index in [1.165, 1.54) is 12.4 Å². The molecule has 0 aliphatic heterocycles. The van der Waals surface area contributed by atoms with Gasteiger partial charge in [0.25, 0.3) is 0 Å². The van der Waals surface area contributed by atoms with Gasteiger partial charge in [0.05, 0.1) is 17.5 Å². The molecule has 1 saturated carbocycles. The number of nitrogens with zero attached hydrogens (tertiary/aromatic N) is 4. The van der Waals surface area contributed by atoms with Crippen molar-refractivity contribution in [3.8, 4) is 0 Å². The first-order valence-electron chi connectivity index (χ1n) is 5.20. The summed E-state index contributed by atoms with van der Waals surface area (Å²) in [5, 5.41) is 16.8. The maximum Gasteiger partial charge on any atom is 0.339 e. The van der Waals surface area contributed by atoms with Crippen LogP contribution in [0, 0.1) is 0 Å². The van der Waals surface area contributed by atoms with E-state index in [-0.39, 0.29) is 11.5 Å². The van der Waals surface area contributed by atoms with Gasteiger partial charge in [-0.2, -0.15) is 4.52 Å². The lowest BCUT2D eigenvalue weighted by atomic mass is 9.81. The average molecular weight is 218 g/mol. The van der Waals surface area contributed by atoms with Crippen LogP contribution in [-0.2, 0) is 0 Å². The summed E-state index contributed by atoms with van der Waals surface area (Å²) >= 11 is 0. The van der Waals surface area contributed by atoms with E-state index in [0.29, 0.717) is 5.65 Å². The summed E-state index contributed by atoms with van der Waals surface area (Å²) in [6.07, 6.45) is 6.10. The lowest BCUT2D eigenvalue weighted by Gasteiger charge is -2.26. The van der Waals surface area contributed by atoms with Crippen molar-refractivity contribution in [3.05, 3.63) is 23.7 Å². The van der Waals surface area contributed by atoms with E-state index in [2.05, 4.69) is 15.3 Å². The zero-order valence-corrected chi connectivity index (χ0v) is 8.50. The highest BCUT2D eigenvalue weighted by Crippen LogP contribution is 2.37. The van der Waals surface area contributed by atoms with Gasteiger partial charge in [0.15, 0.2) is 5.65 Å². The number of hydrogen-bond donors (Lipinski definition) is 1. The molecule has 0 saturated heterocycles. The fourth-order valence-corrected chi connectivity index (χ4v) is 2.04. The molecule has 1 aliphatic rings. The highest BCUT2D eigenvalue weighted by molar-refractivity contribution is 5.89. The summed E-state index contributed by atoms with van der Waals surface area (Å²) in [4.78, 5) is 15.2. The first kappa shape index (κ1) is 9.26. The quantitative estimate of drug-likeness (QED) is 0.816. The predicted octanol–water partition coefficient (Wildman–Crippen LogP) is 1.09. The molecule has 0 spiro atoms. The van der Waals surface area contributed by atoms with Crippen molar-refractivity contribution in [2.45, 2.75) is 25.2 Å². The van der Waals surface area contributed by atoms with Crippen LogP contribution in [0.4, 0.5) is 0 Å². The SMILES string of the molecule is O=C(O)c1cnc2cnnn2c1C1CCC1. The second-order valence-corrected chi connectivity index (χ2v) is 3.99. The smallest absolute Gasteiger partial charge is 0.339 e. The molecule has 6 nitrogen and oxygen atoms in total. The molecule has 0 aromatic carbocycles. The molecule has 82 valence electrons. The van der Waals surface area contributed by atoms with Gasteiger partial charge in [-0.05, 0) is 12.8 Å². The summed E-state index contributed by atoms with van der Waals surface area (Å²) in [5.41, 5.74) is 1.58. The van der Waals surface area contributed by atoms with Crippen LogP contribution < -0.4 is 0 Å². The lowest BCUT2D eigenvalue weighted by Crippen LogP contribution is -2.19. The molecule has 2 aromatic rings.